The SMILES string of the molecule is O=C(CCS(=O)c1cc(C(=O)O)ccc1F)NC1CC1. The van der Waals surface area contributed by atoms with Crippen LogP contribution < -0.4 is 5.32 Å². The minimum atomic E-state index is -1.74. The highest BCUT2D eigenvalue weighted by molar-refractivity contribution is 7.85. The standard InChI is InChI=1S/C13H14FNO4S/c14-10-4-1-8(13(17)18)7-11(10)20(19)6-5-12(16)15-9-2-3-9/h1,4,7,9H,2-3,5-6H2,(H,15,16)(H,17,18). The van der Waals surface area contributed by atoms with Crippen LogP contribution in [0.3, 0.4) is 0 Å². The first kappa shape index (κ1) is 14.6. The molecular formula is C13H14FNO4S. The molecule has 1 aliphatic carbocycles. The molecule has 0 radical (unpaired) electrons. The average molecular weight is 299 g/mol. The Bertz CT molecular complexity index is 571. The molecule has 108 valence electrons. The second kappa shape index (κ2) is 6.13. The molecule has 7 heteroatoms. The molecule has 0 aromatic heterocycles. The Balaban J connectivity index is 1.98. The van der Waals surface area contributed by atoms with E-state index < -0.39 is 22.6 Å². The fourth-order valence-corrected chi connectivity index (χ4v) is 2.77. The highest BCUT2D eigenvalue weighted by Gasteiger charge is 2.23. The molecule has 1 amide bonds. The van der Waals surface area contributed by atoms with Gasteiger partial charge < -0.3 is 10.4 Å². The summed E-state index contributed by atoms with van der Waals surface area (Å²) in [6.45, 7) is 0. The lowest BCUT2D eigenvalue weighted by molar-refractivity contribution is -0.120. The van der Waals surface area contributed by atoms with Gasteiger partial charge in [-0.1, -0.05) is 0 Å². The van der Waals surface area contributed by atoms with E-state index in [-0.39, 0.29) is 34.6 Å². The maximum Gasteiger partial charge on any atom is 0.335 e. The van der Waals surface area contributed by atoms with Gasteiger partial charge in [-0.3, -0.25) is 9.00 Å². The van der Waals surface area contributed by atoms with E-state index in [1.165, 1.54) is 0 Å². The molecule has 1 aliphatic rings. The van der Waals surface area contributed by atoms with Gasteiger partial charge in [0.05, 0.1) is 21.3 Å². The lowest BCUT2D eigenvalue weighted by Gasteiger charge is -2.06. The van der Waals surface area contributed by atoms with Crippen LogP contribution in [0.25, 0.3) is 0 Å². The van der Waals surface area contributed by atoms with Gasteiger partial charge in [-0.25, -0.2) is 9.18 Å². The van der Waals surface area contributed by atoms with Crippen molar-refractivity contribution in [2.24, 2.45) is 0 Å². The zero-order valence-corrected chi connectivity index (χ0v) is 11.4. The van der Waals surface area contributed by atoms with Crippen LogP contribution in [0.15, 0.2) is 23.1 Å². The number of nitrogens with one attached hydrogen (secondary N) is 1. The Morgan fingerprint density at radius 1 is 1.40 bits per heavy atom. The van der Waals surface area contributed by atoms with Crippen LogP contribution in [0.5, 0.6) is 0 Å². The number of amides is 1. The van der Waals surface area contributed by atoms with Gasteiger partial charge in [0.1, 0.15) is 5.82 Å². The maximum absolute atomic E-state index is 13.5. The Kier molecular flexibility index (Phi) is 4.49. The number of halogens is 1. The normalized spacial score (nSPS) is 15.7. The number of aromatic carboxylic acids is 1. The van der Waals surface area contributed by atoms with Crippen LogP contribution in [-0.4, -0.2) is 33.0 Å². The second-order valence-electron chi connectivity index (χ2n) is 4.59. The molecule has 1 unspecified atom stereocenters. The fourth-order valence-electron chi connectivity index (χ4n) is 1.63. The molecule has 0 aliphatic heterocycles. The van der Waals surface area contributed by atoms with Gasteiger partial charge in [-0.15, -0.1) is 0 Å². The summed E-state index contributed by atoms with van der Waals surface area (Å²) in [4.78, 5) is 22.1. The lowest BCUT2D eigenvalue weighted by atomic mass is 10.2. The van der Waals surface area contributed by atoms with Crippen LogP contribution in [-0.2, 0) is 15.6 Å². The first-order chi connectivity index (χ1) is 9.47. The van der Waals surface area contributed by atoms with Crippen molar-refractivity contribution in [2.45, 2.75) is 30.2 Å². The maximum atomic E-state index is 13.5. The van der Waals surface area contributed by atoms with Gasteiger partial charge in [-0.05, 0) is 31.0 Å². The van der Waals surface area contributed by atoms with E-state index in [0.717, 1.165) is 31.0 Å². The van der Waals surface area contributed by atoms with E-state index in [1.807, 2.05) is 0 Å². The summed E-state index contributed by atoms with van der Waals surface area (Å²) in [7, 11) is -1.74. The first-order valence-corrected chi connectivity index (χ1v) is 7.50. The number of carboxylic acids is 1. The summed E-state index contributed by atoms with van der Waals surface area (Å²) in [6.07, 6.45) is 1.95. The first-order valence-electron chi connectivity index (χ1n) is 6.18. The monoisotopic (exact) mass is 299 g/mol. The van der Waals surface area contributed by atoms with Gasteiger partial charge in [0, 0.05) is 18.2 Å². The quantitative estimate of drug-likeness (QED) is 0.829. The molecule has 1 aromatic carbocycles. The van der Waals surface area contributed by atoms with Crippen molar-refractivity contribution in [1.82, 2.24) is 5.32 Å². The lowest BCUT2D eigenvalue weighted by Crippen LogP contribution is -2.26. The van der Waals surface area contributed by atoms with E-state index in [1.54, 1.807) is 0 Å². The molecule has 0 spiro atoms. The number of rotatable bonds is 6. The molecule has 1 atom stereocenters. The molecule has 1 aromatic rings. The molecule has 5 nitrogen and oxygen atoms in total. The van der Waals surface area contributed by atoms with Crippen LogP contribution in [0.4, 0.5) is 4.39 Å². The van der Waals surface area contributed by atoms with E-state index in [2.05, 4.69) is 5.32 Å². The van der Waals surface area contributed by atoms with E-state index >= 15 is 0 Å². The highest BCUT2D eigenvalue weighted by Crippen LogP contribution is 2.19. The molecule has 2 rings (SSSR count). The summed E-state index contributed by atoms with van der Waals surface area (Å²) in [6, 6.07) is 3.36. The summed E-state index contributed by atoms with van der Waals surface area (Å²) in [5, 5.41) is 11.6. The number of hydrogen-bond donors (Lipinski definition) is 2. The largest absolute Gasteiger partial charge is 0.478 e. The minimum Gasteiger partial charge on any atom is -0.478 e. The van der Waals surface area contributed by atoms with E-state index in [9.17, 15) is 18.2 Å². The molecule has 0 bridgehead atoms. The van der Waals surface area contributed by atoms with Gasteiger partial charge in [0.15, 0.2) is 0 Å². The third-order valence-corrected chi connectivity index (χ3v) is 4.26. The van der Waals surface area contributed by atoms with Gasteiger partial charge >= 0.3 is 5.97 Å². The zero-order chi connectivity index (χ0) is 14.7. The molecule has 0 saturated heterocycles. The Morgan fingerprint density at radius 2 is 2.10 bits per heavy atom. The van der Waals surface area contributed by atoms with Gasteiger partial charge in [-0.2, -0.15) is 0 Å². The van der Waals surface area contributed by atoms with E-state index in [4.69, 9.17) is 5.11 Å². The number of carbonyl (C=O) groups is 2. The predicted molar refractivity (Wildman–Crippen MR) is 70.4 cm³/mol. The molecule has 1 fully saturated rings. The fraction of sp³-hybridized carbons (Fsp3) is 0.385. The highest BCUT2D eigenvalue weighted by atomic mass is 32.2. The van der Waals surface area contributed by atoms with Crippen molar-refractivity contribution in [3.05, 3.63) is 29.6 Å². The van der Waals surface area contributed by atoms with Crippen LogP contribution in [0.1, 0.15) is 29.6 Å². The second-order valence-corrected chi connectivity index (χ2v) is 6.13. The van der Waals surface area contributed by atoms with Crippen molar-refractivity contribution in [3.63, 3.8) is 0 Å². The topological polar surface area (TPSA) is 83.5 Å². The molecular weight excluding hydrogens is 285 g/mol. The van der Waals surface area contributed by atoms with Crippen molar-refractivity contribution in [2.75, 3.05) is 5.75 Å². The number of carboxylic acid groups (broad SMARTS) is 1. The van der Waals surface area contributed by atoms with E-state index in [0.29, 0.717) is 0 Å². The number of carbonyl (C=O) groups excluding carboxylic acids is 1. The van der Waals surface area contributed by atoms with Crippen molar-refractivity contribution < 1.29 is 23.3 Å². The summed E-state index contributed by atoms with van der Waals surface area (Å²) < 4.78 is 25.5. The molecule has 0 heterocycles. The molecule has 20 heavy (non-hydrogen) atoms. The predicted octanol–water partition coefficient (Wildman–Crippen LogP) is 1.30. The average Bonchev–Trinajstić information content (AvgIpc) is 3.20. The molecule has 2 N–H and O–H groups in total. The number of hydrogen-bond acceptors (Lipinski definition) is 3. The summed E-state index contributed by atoms with van der Waals surface area (Å²) >= 11 is 0. The molecule has 1 saturated carbocycles. The van der Waals surface area contributed by atoms with Crippen molar-refractivity contribution >= 4 is 22.7 Å². The third kappa shape index (κ3) is 3.86. The van der Waals surface area contributed by atoms with Gasteiger partial charge in [0.2, 0.25) is 5.91 Å². The smallest absolute Gasteiger partial charge is 0.335 e. The summed E-state index contributed by atoms with van der Waals surface area (Å²) in [5.41, 5.74) is -0.128. The van der Waals surface area contributed by atoms with Crippen LogP contribution in [0.2, 0.25) is 0 Å². The Morgan fingerprint density at radius 3 is 2.70 bits per heavy atom. The van der Waals surface area contributed by atoms with Crippen molar-refractivity contribution in [3.8, 4) is 0 Å². The van der Waals surface area contributed by atoms with Crippen molar-refractivity contribution in [1.29, 1.82) is 0 Å². The Hall–Kier alpha value is -1.76. The third-order valence-electron chi connectivity index (χ3n) is 2.88. The Labute approximate surface area is 117 Å². The van der Waals surface area contributed by atoms with Gasteiger partial charge in [0.25, 0.3) is 0 Å². The van der Waals surface area contributed by atoms with Crippen LogP contribution >= 0.6 is 0 Å². The van der Waals surface area contributed by atoms with Crippen LogP contribution in [0, 0.1) is 5.82 Å². The number of benzene rings is 1. The zero-order valence-electron chi connectivity index (χ0n) is 10.6. The minimum absolute atomic E-state index is 0.0276. The summed E-state index contributed by atoms with van der Waals surface area (Å²) in [5.74, 6) is -2.18.